The molecule has 32 heavy (non-hydrogen) atoms. The van der Waals surface area contributed by atoms with E-state index in [1.807, 2.05) is 56.0 Å². The van der Waals surface area contributed by atoms with Crippen LogP contribution in [0.15, 0.2) is 42.5 Å². The zero-order valence-electron chi connectivity index (χ0n) is 19.0. The van der Waals surface area contributed by atoms with Gasteiger partial charge in [0.1, 0.15) is 5.69 Å². The molecule has 1 aliphatic rings. The lowest BCUT2D eigenvalue weighted by atomic mass is 9.95. The molecule has 1 N–H and O–H groups in total. The highest BCUT2D eigenvalue weighted by molar-refractivity contribution is 6.00. The maximum absolute atomic E-state index is 13.3. The van der Waals surface area contributed by atoms with Gasteiger partial charge >= 0.3 is 0 Å². The van der Waals surface area contributed by atoms with Gasteiger partial charge in [0.25, 0.3) is 5.91 Å². The van der Waals surface area contributed by atoms with Crippen molar-refractivity contribution in [1.82, 2.24) is 15.1 Å². The molecule has 168 valence electrons. The standard InChI is InChI=1S/C25H29N3O4/c1-5-31-19-12-11-18(15-20(19)32-6-2)24-21-22(17-9-7-16(3)8-10-17)26-27-23(21)25(29)28(24)13-14-30-4/h7-12,15,24H,5-6,13-14H2,1-4H3,(H,26,27). The highest BCUT2D eigenvalue weighted by atomic mass is 16.5. The van der Waals surface area contributed by atoms with Crippen molar-refractivity contribution in [2.45, 2.75) is 26.8 Å². The molecule has 2 aromatic carbocycles. The van der Waals surface area contributed by atoms with Crippen LogP contribution in [0.4, 0.5) is 0 Å². The van der Waals surface area contributed by atoms with Crippen molar-refractivity contribution in [1.29, 1.82) is 0 Å². The maximum Gasteiger partial charge on any atom is 0.273 e. The molecule has 1 atom stereocenters. The Morgan fingerprint density at radius 3 is 2.44 bits per heavy atom. The fourth-order valence-electron chi connectivity index (χ4n) is 4.13. The summed E-state index contributed by atoms with van der Waals surface area (Å²) in [5, 5.41) is 7.51. The van der Waals surface area contributed by atoms with Gasteiger partial charge in [-0.2, -0.15) is 5.10 Å². The van der Waals surface area contributed by atoms with E-state index in [9.17, 15) is 4.79 Å². The molecule has 0 saturated carbocycles. The summed E-state index contributed by atoms with van der Waals surface area (Å²) in [5.74, 6) is 1.27. The fourth-order valence-corrected chi connectivity index (χ4v) is 4.13. The minimum atomic E-state index is -0.308. The smallest absolute Gasteiger partial charge is 0.273 e. The van der Waals surface area contributed by atoms with E-state index < -0.39 is 0 Å². The Morgan fingerprint density at radius 1 is 1.03 bits per heavy atom. The molecule has 1 unspecified atom stereocenters. The van der Waals surface area contributed by atoms with Crippen molar-refractivity contribution in [2.75, 3.05) is 33.5 Å². The minimum absolute atomic E-state index is 0.0836. The summed E-state index contributed by atoms with van der Waals surface area (Å²) >= 11 is 0. The van der Waals surface area contributed by atoms with Crippen molar-refractivity contribution in [3.05, 3.63) is 64.8 Å². The number of H-pyrrole nitrogens is 1. The summed E-state index contributed by atoms with van der Waals surface area (Å²) in [4.78, 5) is 15.1. The van der Waals surface area contributed by atoms with Gasteiger partial charge in [-0.3, -0.25) is 9.89 Å². The number of fused-ring (bicyclic) bond motifs is 1. The highest BCUT2D eigenvalue weighted by Gasteiger charge is 2.42. The van der Waals surface area contributed by atoms with Gasteiger partial charge in [-0.15, -0.1) is 0 Å². The van der Waals surface area contributed by atoms with E-state index in [0.717, 1.165) is 22.4 Å². The molecule has 4 rings (SSSR count). The minimum Gasteiger partial charge on any atom is -0.490 e. The third kappa shape index (κ3) is 3.96. The molecule has 7 heteroatoms. The Morgan fingerprint density at radius 2 is 1.75 bits per heavy atom. The van der Waals surface area contributed by atoms with Crippen LogP contribution in [0.2, 0.25) is 0 Å². The molecule has 0 radical (unpaired) electrons. The van der Waals surface area contributed by atoms with Gasteiger partial charge in [0.2, 0.25) is 0 Å². The van der Waals surface area contributed by atoms with E-state index in [4.69, 9.17) is 14.2 Å². The molecule has 0 fully saturated rings. The monoisotopic (exact) mass is 435 g/mol. The Bertz CT molecular complexity index is 1090. The van der Waals surface area contributed by atoms with Crippen LogP contribution in [-0.2, 0) is 4.74 Å². The molecular weight excluding hydrogens is 406 g/mol. The van der Waals surface area contributed by atoms with E-state index in [-0.39, 0.29) is 11.9 Å². The Hall–Kier alpha value is -3.32. The number of carbonyl (C=O) groups is 1. The second-order valence-corrected chi connectivity index (χ2v) is 7.69. The number of benzene rings is 2. The first-order chi connectivity index (χ1) is 15.6. The van der Waals surface area contributed by atoms with Crippen molar-refractivity contribution in [3.63, 3.8) is 0 Å². The lowest BCUT2D eigenvalue weighted by Crippen LogP contribution is -2.32. The Kier molecular flexibility index (Phi) is 6.46. The summed E-state index contributed by atoms with van der Waals surface area (Å²) < 4.78 is 16.9. The Balaban J connectivity index is 1.84. The third-order valence-corrected chi connectivity index (χ3v) is 5.61. The number of amides is 1. The number of rotatable bonds is 9. The van der Waals surface area contributed by atoms with Crippen LogP contribution in [0.1, 0.15) is 47.1 Å². The first-order valence-electron chi connectivity index (χ1n) is 10.9. The van der Waals surface area contributed by atoms with Crippen molar-refractivity contribution >= 4 is 5.91 Å². The van der Waals surface area contributed by atoms with Crippen LogP contribution >= 0.6 is 0 Å². The van der Waals surface area contributed by atoms with Crippen molar-refractivity contribution in [2.24, 2.45) is 0 Å². The normalized spacial score (nSPS) is 15.2. The number of hydrogen-bond acceptors (Lipinski definition) is 5. The molecule has 0 spiro atoms. The lowest BCUT2D eigenvalue weighted by Gasteiger charge is -2.27. The average molecular weight is 436 g/mol. The molecule has 3 aromatic rings. The number of aromatic amines is 1. The van der Waals surface area contributed by atoms with Crippen molar-refractivity contribution in [3.8, 4) is 22.8 Å². The second kappa shape index (κ2) is 9.44. The zero-order chi connectivity index (χ0) is 22.7. The third-order valence-electron chi connectivity index (χ3n) is 5.61. The van der Waals surface area contributed by atoms with Crippen LogP contribution in [0.3, 0.4) is 0 Å². The van der Waals surface area contributed by atoms with Crippen LogP contribution < -0.4 is 9.47 Å². The van der Waals surface area contributed by atoms with E-state index in [2.05, 4.69) is 22.3 Å². The molecule has 1 amide bonds. The van der Waals surface area contributed by atoms with E-state index in [1.54, 1.807) is 7.11 Å². The predicted molar refractivity (Wildman–Crippen MR) is 122 cm³/mol. The number of ether oxygens (including phenoxy) is 3. The first-order valence-corrected chi connectivity index (χ1v) is 10.9. The summed E-state index contributed by atoms with van der Waals surface area (Å²) in [6.07, 6.45) is 0. The Labute approximate surface area is 188 Å². The molecule has 0 saturated heterocycles. The largest absolute Gasteiger partial charge is 0.490 e. The summed E-state index contributed by atoms with van der Waals surface area (Å²) in [5.41, 5.74) is 5.26. The van der Waals surface area contributed by atoms with Crippen molar-refractivity contribution < 1.29 is 19.0 Å². The first kappa shape index (κ1) is 21.9. The molecule has 1 aromatic heterocycles. The molecule has 0 aliphatic carbocycles. The van der Waals surface area contributed by atoms with E-state index >= 15 is 0 Å². The van der Waals surface area contributed by atoms with Gasteiger partial charge in [-0.05, 0) is 38.5 Å². The van der Waals surface area contributed by atoms with Crippen LogP contribution in [0.5, 0.6) is 11.5 Å². The summed E-state index contributed by atoms with van der Waals surface area (Å²) in [6.45, 7) is 7.90. The SMILES string of the molecule is CCOc1ccc(C2c3c(-c4ccc(C)cc4)n[nH]c3C(=O)N2CCOC)cc1OCC. The second-order valence-electron chi connectivity index (χ2n) is 7.69. The quantitative estimate of drug-likeness (QED) is 0.540. The van der Waals surface area contributed by atoms with Gasteiger partial charge in [0.05, 0.1) is 31.6 Å². The summed E-state index contributed by atoms with van der Waals surface area (Å²) in [6, 6.07) is 13.7. The number of nitrogens with zero attached hydrogens (tertiary/aromatic N) is 2. The van der Waals surface area contributed by atoms with Crippen LogP contribution in [0.25, 0.3) is 11.3 Å². The van der Waals surface area contributed by atoms with E-state index in [1.165, 1.54) is 5.56 Å². The number of aromatic nitrogens is 2. The molecule has 2 heterocycles. The number of methoxy groups -OCH3 is 1. The molecule has 7 nitrogen and oxygen atoms in total. The molecular formula is C25H29N3O4. The highest BCUT2D eigenvalue weighted by Crippen LogP contribution is 2.44. The number of aryl methyl sites for hydroxylation is 1. The molecule has 1 aliphatic heterocycles. The van der Waals surface area contributed by atoms with Crippen LogP contribution in [-0.4, -0.2) is 54.5 Å². The average Bonchev–Trinajstić information content (AvgIpc) is 3.33. The van der Waals surface area contributed by atoms with Gasteiger partial charge < -0.3 is 19.1 Å². The zero-order valence-corrected chi connectivity index (χ0v) is 19.0. The summed E-state index contributed by atoms with van der Waals surface area (Å²) in [7, 11) is 1.64. The predicted octanol–water partition coefficient (Wildman–Crippen LogP) is 4.37. The van der Waals surface area contributed by atoms with Gasteiger partial charge in [0.15, 0.2) is 11.5 Å². The lowest BCUT2D eigenvalue weighted by molar-refractivity contribution is 0.0677. The van der Waals surface area contributed by atoms with Crippen LogP contribution in [0, 0.1) is 6.92 Å². The van der Waals surface area contributed by atoms with Gasteiger partial charge in [-0.1, -0.05) is 35.9 Å². The number of nitrogens with one attached hydrogen (secondary N) is 1. The van der Waals surface area contributed by atoms with E-state index in [0.29, 0.717) is 43.6 Å². The van der Waals surface area contributed by atoms with Gasteiger partial charge in [0, 0.05) is 24.8 Å². The fraction of sp³-hybridized carbons (Fsp3) is 0.360. The van der Waals surface area contributed by atoms with Gasteiger partial charge in [-0.25, -0.2) is 0 Å². The maximum atomic E-state index is 13.3. The topological polar surface area (TPSA) is 76.7 Å². The number of carbonyl (C=O) groups excluding carboxylic acids is 1. The molecule has 0 bridgehead atoms. The number of hydrogen-bond donors (Lipinski definition) is 1.